The van der Waals surface area contributed by atoms with Gasteiger partial charge < -0.3 is 15.1 Å². The molecule has 27 heavy (non-hydrogen) atoms. The van der Waals surface area contributed by atoms with Crippen molar-refractivity contribution in [3.05, 3.63) is 59.6 Å². The minimum atomic E-state index is -0.390. The third-order valence-corrected chi connectivity index (χ3v) is 4.46. The standard InChI is InChI=1S/C20H22N6O/c1-15-4-5-18(16(2)12-15)24-19(27)17(13-21)14-25-8-10-26(11-9-25)20-22-6-3-7-23-20/h3-7,12,14H,8-11H2,1-2H3,(H,24,27)/b17-14-. The van der Waals surface area contributed by atoms with E-state index in [0.717, 1.165) is 29.9 Å². The van der Waals surface area contributed by atoms with Gasteiger partial charge in [-0.15, -0.1) is 0 Å². The van der Waals surface area contributed by atoms with E-state index in [-0.39, 0.29) is 5.57 Å². The van der Waals surface area contributed by atoms with Crippen LogP contribution < -0.4 is 10.2 Å². The van der Waals surface area contributed by atoms with Gasteiger partial charge in [0.1, 0.15) is 11.6 Å². The number of carbonyl (C=O) groups is 1. The Morgan fingerprint density at radius 3 is 2.52 bits per heavy atom. The first-order valence-electron chi connectivity index (χ1n) is 8.83. The van der Waals surface area contributed by atoms with Crippen LogP contribution in [0, 0.1) is 25.2 Å². The molecular weight excluding hydrogens is 340 g/mol. The first-order chi connectivity index (χ1) is 13.1. The lowest BCUT2D eigenvalue weighted by molar-refractivity contribution is -0.112. The van der Waals surface area contributed by atoms with E-state index >= 15 is 0 Å². The van der Waals surface area contributed by atoms with Crippen molar-refractivity contribution in [1.82, 2.24) is 14.9 Å². The molecule has 1 aliphatic heterocycles. The Bertz CT molecular complexity index is 879. The molecule has 0 atom stereocenters. The summed E-state index contributed by atoms with van der Waals surface area (Å²) in [6.45, 7) is 6.79. The molecule has 1 aliphatic rings. The Hall–Kier alpha value is -3.40. The van der Waals surface area contributed by atoms with Gasteiger partial charge in [-0.1, -0.05) is 17.7 Å². The summed E-state index contributed by atoms with van der Waals surface area (Å²) >= 11 is 0. The number of rotatable bonds is 4. The van der Waals surface area contributed by atoms with Crippen molar-refractivity contribution >= 4 is 17.5 Å². The van der Waals surface area contributed by atoms with Gasteiger partial charge in [0.2, 0.25) is 5.95 Å². The first-order valence-corrected chi connectivity index (χ1v) is 8.83. The number of benzene rings is 1. The summed E-state index contributed by atoms with van der Waals surface area (Å²) in [5.74, 6) is 0.313. The third kappa shape index (κ3) is 4.61. The molecule has 138 valence electrons. The summed E-state index contributed by atoms with van der Waals surface area (Å²) < 4.78 is 0. The molecule has 1 N–H and O–H groups in total. The molecule has 0 unspecified atom stereocenters. The molecule has 7 nitrogen and oxygen atoms in total. The number of amides is 1. The highest BCUT2D eigenvalue weighted by molar-refractivity contribution is 6.06. The molecule has 0 saturated carbocycles. The fourth-order valence-corrected chi connectivity index (χ4v) is 2.97. The van der Waals surface area contributed by atoms with Gasteiger partial charge >= 0.3 is 0 Å². The van der Waals surface area contributed by atoms with Crippen LogP contribution in [-0.2, 0) is 4.79 Å². The topological polar surface area (TPSA) is 85.2 Å². The van der Waals surface area contributed by atoms with Crippen LogP contribution in [0.25, 0.3) is 0 Å². The highest BCUT2D eigenvalue weighted by atomic mass is 16.1. The maximum Gasteiger partial charge on any atom is 0.267 e. The van der Waals surface area contributed by atoms with Crippen molar-refractivity contribution < 1.29 is 4.79 Å². The molecule has 2 heterocycles. The van der Waals surface area contributed by atoms with Crippen molar-refractivity contribution in [2.24, 2.45) is 0 Å². The second kappa shape index (κ2) is 8.32. The average molecular weight is 362 g/mol. The van der Waals surface area contributed by atoms with Gasteiger partial charge in [-0.05, 0) is 31.5 Å². The van der Waals surface area contributed by atoms with E-state index < -0.39 is 5.91 Å². The van der Waals surface area contributed by atoms with E-state index in [2.05, 4.69) is 20.2 Å². The molecule has 0 radical (unpaired) electrons. The summed E-state index contributed by atoms with van der Waals surface area (Å²) in [5, 5.41) is 12.2. The number of anilines is 2. The van der Waals surface area contributed by atoms with Gasteiger partial charge in [0.25, 0.3) is 5.91 Å². The minimum absolute atomic E-state index is 0.0967. The molecule has 1 saturated heterocycles. The van der Waals surface area contributed by atoms with Crippen molar-refractivity contribution in [1.29, 1.82) is 5.26 Å². The molecule has 2 aromatic rings. The maximum absolute atomic E-state index is 12.5. The van der Waals surface area contributed by atoms with E-state index in [4.69, 9.17) is 0 Å². The predicted molar refractivity (Wildman–Crippen MR) is 104 cm³/mol. The Morgan fingerprint density at radius 1 is 1.19 bits per heavy atom. The Balaban J connectivity index is 1.63. The number of aromatic nitrogens is 2. The first kappa shape index (κ1) is 18.4. The summed E-state index contributed by atoms with van der Waals surface area (Å²) in [4.78, 5) is 25.1. The van der Waals surface area contributed by atoms with Crippen LogP contribution >= 0.6 is 0 Å². The lowest BCUT2D eigenvalue weighted by Gasteiger charge is -2.34. The van der Waals surface area contributed by atoms with Gasteiger partial charge in [-0.3, -0.25) is 4.79 Å². The van der Waals surface area contributed by atoms with Crippen LogP contribution in [0.3, 0.4) is 0 Å². The number of piperazine rings is 1. The maximum atomic E-state index is 12.5. The van der Waals surface area contributed by atoms with Gasteiger partial charge in [-0.25, -0.2) is 9.97 Å². The van der Waals surface area contributed by atoms with E-state index in [1.165, 1.54) is 0 Å². The summed E-state index contributed by atoms with van der Waals surface area (Å²) in [5.41, 5.74) is 2.91. The smallest absolute Gasteiger partial charge is 0.267 e. The normalized spacial score (nSPS) is 14.6. The molecular formula is C20H22N6O. The molecule has 3 rings (SSSR count). The van der Waals surface area contributed by atoms with Gasteiger partial charge in [-0.2, -0.15) is 5.26 Å². The lowest BCUT2D eigenvalue weighted by atomic mass is 10.1. The van der Waals surface area contributed by atoms with Crippen molar-refractivity contribution in [2.75, 3.05) is 36.4 Å². The molecule has 7 heteroatoms. The second-order valence-electron chi connectivity index (χ2n) is 6.50. The molecule has 0 aliphatic carbocycles. The van der Waals surface area contributed by atoms with Crippen molar-refractivity contribution in [3.8, 4) is 6.07 Å². The number of nitrogens with zero attached hydrogens (tertiary/aromatic N) is 5. The number of aryl methyl sites for hydroxylation is 2. The fraction of sp³-hybridized carbons (Fsp3) is 0.300. The predicted octanol–water partition coefficient (Wildman–Crippen LogP) is 2.26. The summed E-state index contributed by atoms with van der Waals surface area (Å²) in [7, 11) is 0. The highest BCUT2D eigenvalue weighted by Crippen LogP contribution is 2.17. The van der Waals surface area contributed by atoms with Crippen LogP contribution in [0.4, 0.5) is 11.6 Å². The zero-order chi connectivity index (χ0) is 19.2. The van der Waals surface area contributed by atoms with Gasteiger partial charge in [0.05, 0.1) is 0 Å². The number of carbonyl (C=O) groups excluding carboxylic acids is 1. The van der Waals surface area contributed by atoms with E-state index in [1.54, 1.807) is 24.7 Å². The van der Waals surface area contributed by atoms with Crippen LogP contribution in [0.2, 0.25) is 0 Å². The SMILES string of the molecule is Cc1ccc(NC(=O)/C(C#N)=C\N2CCN(c3ncccn3)CC2)c(C)c1. The van der Waals surface area contributed by atoms with E-state index in [1.807, 2.05) is 43.0 Å². The monoisotopic (exact) mass is 362 g/mol. The molecule has 1 aromatic heterocycles. The number of hydrogen-bond acceptors (Lipinski definition) is 6. The highest BCUT2D eigenvalue weighted by Gasteiger charge is 2.19. The molecule has 1 amide bonds. The van der Waals surface area contributed by atoms with Crippen LogP contribution in [-0.4, -0.2) is 47.0 Å². The number of nitrogens with one attached hydrogen (secondary N) is 1. The van der Waals surface area contributed by atoms with Gasteiger partial charge in [0.15, 0.2) is 0 Å². The van der Waals surface area contributed by atoms with E-state index in [0.29, 0.717) is 19.0 Å². The van der Waals surface area contributed by atoms with E-state index in [9.17, 15) is 10.1 Å². The fourth-order valence-electron chi connectivity index (χ4n) is 2.97. The van der Waals surface area contributed by atoms with Crippen molar-refractivity contribution in [2.45, 2.75) is 13.8 Å². The largest absolute Gasteiger partial charge is 0.373 e. The summed E-state index contributed by atoms with van der Waals surface area (Å²) in [6.07, 6.45) is 5.08. The second-order valence-corrected chi connectivity index (χ2v) is 6.50. The van der Waals surface area contributed by atoms with Gasteiger partial charge in [0, 0.05) is 50.5 Å². The molecule has 0 spiro atoms. The molecule has 1 aromatic carbocycles. The van der Waals surface area contributed by atoms with Crippen LogP contribution in [0.5, 0.6) is 0 Å². The molecule has 1 fully saturated rings. The van der Waals surface area contributed by atoms with Crippen LogP contribution in [0.15, 0.2) is 48.4 Å². The Kier molecular flexibility index (Phi) is 5.67. The quantitative estimate of drug-likeness (QED) is 0.663. The lowest BCUT2D eigenvalue weighted by Crippen LogP contribution is -2.45. The minimum Gasteiger partial charge on any atom is -0.373 e. The average Bonchev–Trinajstić information content (AvgIpc) is 2.69. The zero-order valence-corrected chi connectivity index (χ0v) is 15.5. The Labute approximate surface area is 159 Å². The third-order valence-electron chi connectivity index (χ3n) is 4.46. The number of hydrogen-bond donors (Lipinski definition) is 1. The zero-order valence-electron chi connectivity index (χ0n) is 15.5. The van der Waals surface area contributed by atoms with Crippen molar-refractivity contribution in [3.63, 3.8) is 0 Å². The van der Waals surface area contributed by atoms with Crippen LogP contribution in [0.1, 0.15) is 11.1 Å². The number of nitriles is 1. The summed E-state index contributed by atoms with van der Waals surface area (Å²) in [6, 6.07) is 9.59. The molecule has 0 bridgehead atoms. The Morgan fingerprint density at radius 2 is 1.89 bits per heavy atom.